The largest absolute Gasteiger partial charge is 0.480 e. The van der Waals surface area contributed by atoms with Gasteiger partial charge in [0.25, 0.3) is 0 Å². The minimum absolute atomic E-state index is 0.534. The summed E-state index contributed by atoms with van der Waals surface area (Å²) < 4.78 is 5.00. The van der Waals surface area contributed by atoms with Crippen LogP contribution in [0.2, 0.25) is 0 Å². The second-order valence-electron chi connectivity index (χ2n) is 3.58. The van der Waals surface area contributed by atoms with E-state index in [1.165, 1.54) is 0 Å². The zero-order valence-corrected chi connectivity index (χ0v) is 7.41. The fourth-order valence-corrected chi connectivity index (χ4v) is 1.82. The van der Waals surface area contributed by atoms with E-state index in [4.69, 9.17) is 9.63 Å². The Morgan fingerprint density at radius 2 is 2.38 bits per heavy atom. The van der Waals surface area contributed by atoms with Crippen molar-refractivity contribution in [2.45, 2.75) is 31.6 Å². The monoisotopic (exact) mass is 181 g/mol. The van der Waals surface area contributed by atoms with E-state index in [1.54, 1.807) is 6.20 Å². The second kappa shape index (κ2) is 2.58. The Balaban J connectivity index is 2.43. The van der Waals surface area contributed by atoms with E-state index in [0.717, 1.165) is 12.0 Å². The number of carbonyl (C=O) groups is 1. The van der Waals surface area contributed by atoms with E-state index in [0.29, 0.717) is 18.6 Å². The van der Waals surface area contributed by atoms with Crippen LogP contribution in [0.3, 0.4) is 0 Å². The van der Waals surface area contributed by atoms with E-state index < -0.39 is 11.4 Å². The van der Waals surface area contributed by atoms with Gasteiger partial charge in [0.2, 0.25) is 0 Å². The fraction of sp³-hybridized carbons (Fsp3) is 0.556. The highest BCUT2D eigenvalue weighted by Gasteiger charge is 2.49. The molecule has 1 fully saturated rings. The number of aliphatic carboxylic acids is 1. The first kappa shape index (κ1) is 8.29. The highest BCUT2D eigenvalue weighted by molar-refractivity contribution is 5.82. The molecule has 1 aliphatic carbocycles. The van der Waals surface area contributed by atoms with Crippen LogP contribution in [0.5, 0.6) is 0 Å². The molecule has 4 nitrogen and oxygen atoms in total. The topological polar surface area (TPSA) is 63.3 Å². The molecule has 4 heteroatoms. The van der Waals surface area contributed by atoms with Gasteiger partial charge in [0.15, 0.2) is 5.76 Å². The molecule has 1 aliphatic rings. The molecule has 0 atom stereocenters. The summed E-state index contributed by atoms with van der Waals surface area (Å²) >= 11 is 0. The summed E-state index contributed by atoms with van der Waals surface area (Å²) in [4.78, 5) is 11.1. The summed E-state index contributed by atoms with van der Waals surface area (Å²) in [6.07, 6.45) is 3.85. The predicted octanol–water partition coefficient (Wildman–Crippen LogP) is 1.49. The van der Waals surface area contributed by atoms with Crippen LogP contribution >= 0.6 is 0 Å². The number of hydrogen-bond donors (Lipinski definition) is 1. The molecule has 70 valence electrons. The smallest absolute Gasteiger partial charge is 0.317 e. The highest BCUT2D eigenvalue weighted by Crippen LogP contribution is 2.44. The molecule has 0 spiro atoms. The van der Waals surface area contributed by atoms with Gasteiger partial charge in [-0.15, -0.1) is 0 Å². The number of carboxylic acids is 1. The average molecular weight is 181 g/mol. The van der Waals surface area contributed by atoms with Crippen molar-refractivity contribution in [2.24, 2.45) is 0 Å². The summed E-state index contributed by atoms with van der Waals surface area (Å²) in [5.74, 6) is -0.259. The van der Waals surface area contributed by atoms with Gasteiger partial charge in [0.1, 0.15) is 5.41 Å². The summed E-state index contributed by atoms with van der Waals surface area (Å²) in [6.45, 7) is 1.83. The molecule has 0 saturated heterocycles. The summed E-state index contributed by atoms with van der Waals surface area (Å²) in [5, 5.41) is 12.7. The minimum atomic E-state index is -0.793. The molecule has 0 aliphatic heterocycles. The van der Waals surface area contributed by atoms with E-state index >= 15 is 0 Å². The molecule has 1 aromatic rings. The second-order valence-corrected chi connectivity index (χ2v) is 3.58. The molecular formula is C9H11NO3. The van der Waals surface area contributed by atoms with Crippen molar-refractivity contribution in [1.82, 2.24) is 5.16 Å². The number of hydrogen-bond acceptors (Lipinski definition) is 3. The fourth-order valence-electron chi connectivity index (χ4n) is 1.82. The molecule has 0 radical (unpaired) electrons. The van der Waals surface area contributed by atoms with Crippen LogP contribution in [0.25, 0.3) is 0 Å². The number of nitrogens with zero attached hydrogens (tertiary/aromatic N) is 1. The van der Waals surface area contributed by atoms with Gasteiger partial charge >= 0.3 is 5.97 Å². The van der Waals surface area contributed by atoms with Gasteiger partial charge in [-0.3, -0.25) is 4.79 Å². The van der Waals surface area contributed by atoms with Crippen molar-refractivity contribution in [3.05, 3.63) is 17.5 Å². The van der Waals surface area contributed by atoms with Crippen molar-refractivity contribution >= 4 is 5.97 Å². The van der Waals surface area contributed by atoms with E-state index in [-0.39, 0.29) is 0 Å². The van der Waals surface area contributed by atoms with Gasteiger partial charge in [-0.25, -0.2) is 0 Å². The zero-order valence-electron chi connectivity index (χ0n) is 7.41. The average Bonchev–Trinajstić information content (AvgIpc) is 2.34. The molecule has 0 unspecified atom stereocenters. The number of aromatic nitrogens is 1. The molecule has 13 heavy (non-hydrogen) atoms. The molecule has 2 rings (SSSR count). The Kier molecular flexibility index (Phi) is 1.65. The van der Waals surface area contributed by atoms with Crippen LogP contribution in [-0.4, -0.2) is 16.2 Å². The van der Waals surface area contributed by atoms with Crippen LogP contribution in [-0.2, 0) is 10.2 Å². The molecule has 1 N–H and O–H groups in total. The van der Waals surface area contributed by atoms with Gasteiger partial charge in [0.05, 0.1) is 6.20 Å². The predicted molar refractivity (Wildman–Crippen MR) is 44.4 cm³/mol. The van der Waals surface area contributed by atoms with Gasteiger partial charge in [0, 0.05) is 5.56 Å². The molecule has 1 aromatic heterocycles. The van der Waals surface area contributed by atoms with Gasteiger partial charge in [-0.1, -0.05) is 11.6 Å². The maximum atomic E-state index is 11.1. The lowest BCUT2D eigenvalue weighted by Gasteiger charge is -2.35. The van der Waals surface area contributed by atoms with Crippen molar-refractivity contribution in [1.29, 1.82) is 0 Å². The Bertz CT molecular complexity index is 338. The Morgan fingerprint density at radius 3 is 2.69 bits per heavy atom. The maximum Gasteiger partial charge on any atom is 0.317 e. The van der Waals surface area contributed by atoms with E-state index in [9.17, 15) is 4.79 Å². The number of rotatable bonds is 2. The Hall–Kier alpha value is -1.32. The number of carboxylic acid groups (broad SMARTS) is 1. The SMILES string of the molecule is Cc1cnoc1C1(C(=O)O)CCC1. The third kappa shape index (κ3) is 0.978. The first-order valence-corrected chi connectivity index (χ1v) is 4.32. The standard InChI is InChI=1S/C9H11NO3/c1-6-5-10-13-7(6)9(8(11)12)3-2-4-9/h5H,2-4H2,1H3,(H,11,12). The van der Waals surface area contributed by atoms with E-state index in [1.807, 2.05) is 6.92 Å². The third-order valence-corrected chi connectivity index (χ3v) is 2.80. The lowest BCUT2D eigenvalue weighted by molar-refractivity contribution is -0.148. The van der Waals surface area contributed by atoms with Crippen molar-refractivity contribution in [3.8, 4) is 0 Å². The Labute approximate surface area is 75.5 Å². The van der Waals surface area contributed by atoms with Crippen molar-refractivity contribution in [3.63, 3.8) is 0 Å². The van der Waals surface area contributed by atoms with Gasteiger partial charge < -0.3 is 9.63 Å². The zero-order chi connectivity index (χ0) is 9.47. The number of aryl methyl sites for hydroxylation is 1. The van der Waals surface area contributed by atoms with Crippen LogP contribution in [0.4, 0.5) is 0 Å². The first-order chi connectivity index (χ1) is 6.17. The van der Waals surface area contributed by atoms with Crippen molar-refractivity contribution < 1.29 is 14.4 Å². The normalized spacial score (nSPS) is 19.5. The minimum Gasteiger partial charge on any atom is -0.480 e. The van der Waals surface area contributed by atoms with Crippen LogP contribution in [0, 0.1) is 6.92 Å². The summed E-state index contributed by atoms with van der Waals surface area (Å²) in [5.41, 5.74) is 0.0581. The Morgan fingerprint density at radius 1 is 1.69 bits per heavy atom. The molecule has 0 bridgehead atoms. The lowest BCUT2D eigenvalue weighted by atomic mass is 9.66. The van der Waals surface area contributed by atoms with Crippen LogP contribution in [0.15, 0.2) is 10.7 Å². The van der Waals surface area contributed by atoms with Crippen LogP contribution in [0.1, 0.15) is 30.6 Å². The van der Waals surface area contributed by atoms with Crippen molar-refractivity contribution in [2.75, 3.05) is 0 Å². The molecule has 0 amide bonds. The molecule has 1 heterocycles. The van der Waals surface area contributed by atoms with Gasteiger partial charge in [-0.05, 0) is 19.8 Å². The maximum absolute atomic E-state index is 11.1. The molecule has 0 aromatic carbocycles. The van der Waals surface area contributed by atoms with Crippen LogP contribution < -0.4 is 0 Å². The quantitative estimate of drug-likeness (QED) is 0.750. The van der Waals surface area contributed by atoms with Gasteiger partial charge in [-0.2, -0.15) is 0 Å². The van der Waals surface area contributed by atoms with E-state index in [2.05, 4.69) is 5.16 Å². The molecule has 1 saturated carbocycles. The summed E-state index contributed by atoms with van der Waals surface area (Å²) in [6, 6.07) is 0. The third-order valence-electron chi connectivity index (χ3n) is 2.80. The summed E-state index contributed by atoms with van der Waals surface area (Å²) in [7, 11) is 0. The first-order valence-electron chi connectivity index (χ1n) is 4.32. The highest BCUT2D eigenvalue weighted by atomic mass is 16.5. The lowest BCUT2D eigenvalue weighted by Crippen LogP contribution is -2.42. The molecular weight excluding hydrogens is 170 g/mol.